The first kappa shape index (κ1) is 22.3. The number of anilines is 2. The molecule has 3 rings (SSSR count). The molecule has 0 bridgehead atoms. The summed E-state index contributed by atoms with van der Waals surface area (Å²) in [5.74, 6) is -0.150. The first-order valence-corrected chi connectivity index (χ1v) is 13.2. The van der Waals surface area contributed by atoms with Crippen LogP contribution in [0.25, 0.3) is 0 Å². The summed E-state index contributed by atoms with van der Waals surface area (Å²) in [6, 6.07) is 15.4. The molecule has 0 aliphatic carbocycles. The molecular formula is C18H17N3O5S4. The lowest BCUT2D eigenvalue weighted by Crippen LogP contribution is -2.15. The van der Waals surface area contributed by atoms with Crippen LogP contribution in [0.2, 0.25) is 0 Å². The lowest BCUT2D eigenvalue weighted by atomic mass is 10.3. The number of nitrogens with two attached hydrogens (primary N) is 1. The summed E-state index contributed by atoms with van der Waals surface area (Å²) in [6.07, 6.45) is 0. The molecule has 0 unspecified atom stereocenters. The average molecular weight is 484 g/mol. The minimum Gasteiger partial charge on any atom is -0.325 e. The van der Waals surface area contributed by atoms with Crippen molar-refractivity contribution in [3.05, 3.63) is 66.0 Å². The molecule has 0 saturated carbocycles. The molecule has 4 N–H and O–H groups in total. The summed E-state index contributed by atoms with van der Waals surface area (Å²) in [5.41, 5.74) is 0.874. The number of amides is 1. The van der Waals surface area contributed by atoms with Crippen LogP contribution in [0.1, 0.15) is 0 Å². The van der Waals surface area contributed by atoms with Gasteiger partial charge in [-0.15, -0.1) is 23.1 Å². The summed E-state index contributed by atoms with van der Waals surface area (Å²) >= 11 is 2.41. The Morgan fingerprint density at radius 2 is 1.57 bits per heavy atom. The van der Waals surface area contributed by atoms with Crippen molar-refractivity contribution in [2.45, 2.75) is 14.0 Å². The summed E-state index contributed by atoms with van der Waals surface area (Å²) in [6.45, 7) is 0. The molecule has 0 spiro atoms. The zero-order valence-corrected chi connectivity index (χ0v) is 18.6. The van der Waals surface area contributed by atoms with Crippen molar-refractivity contribution >= 4 is 60.4 Å². The molecule has 0 aliphatic rings. The van der Waals surface area contributed by atoms with Gasteiger partial charge in [0.2, 0.25) is 15.9 Å². The van der Waals surface area contributed by atoms with Crippen molar-refractivity contribution in [3.63, 3.8) is 0 Å². The Bertz CT molecular complexity index is 1220. The smallest absolute Gasteiger partial charge is 0.271 e. The average Bonchev–Trinajstić information content (AvgIpc) is 3.23. The van der Waals surface area contributed by atoms with Crippen molar-refractivity contribution in [1.82, 2.24) is 0 Å². The Balaban J connectivity index is 1.53. The SMILES string of the molecule is NS(=O)(=O)c1ccc(NC(=O)CSc2ccc(NS(=O)(=O)c3cccs3)cc2)cc1. The maximum atomic E-state index is 12.2. The van der Waals surface area contributed by atoms with Crippen LogP contribution in [0.4, 0.5) is 11.4 Å². The molecule has 0 radical (unpaired) electrons. The number of primary sulfonamides is 1. The van der Waals surface area contributed by atoms with Gasteiger partial charge < -0.3 is 5.32 Å². The molecule has 2 aromatic carbocycles. The topological polar surface area (TPSA) is 135 Å². The van der Waals surface area contributed by atoms with Gasteiger partial charge in [0, 0.05) is 16.3 Å². The van der Waals surface area contributed by atoms with Gasteiger partial charge in [0.15, 0.2) is 0 Å². The fraction of sp³-hybridized carbons (Fsp3) is 0.0556. The molecule has 0 aliphatic heterocycles. The number of carbonyl (C=O) groups excluding carboxylic acids is 1. The van der Waals surface area contributed by atoms with Crippen LogP contribution in [0.5, 0.6) is 0 Å². The number of carbonyl (C=O) groups is 1. The lowest BCUT2D eigenvalue weighted by molar-refractivity contribution is -0.113. The standard InChI is InChI=1S/C18H17N3O5S4/c19-29(23,24)16-9-5-13(6-10-16)20-17(22)12-28-15-7-3-14(4-8-15)21-30(25,26)18-2-1-11-27-18/h1-11,21H,12H2,(H,20,22)(H2,19,23,24). The second kappa shape index (κ2) is 9.18. The monoisotopic (exact) mass is 483 g/mol. The molecule has 158 valence electrons. The third-order valence-electron chi connectivity index (χ3n) is 3.70. The zero-order valence-electron chi connectivity index (χ0n) is 15.3. The quantitative estimate of drug-likeness (QED) is 0.422. The second-order valence-corrected chi connectivity index (χ2v) is 11.4. The van der Waals surface area contributed by atoms with Gasteiger partial charge in [0.05, 0.1) is 10.6 Å². The van der Waals surface area contributed by atoms with Gasteiger partial charge in [-0.3, -0.25) is 9.52 Å². The van der Waals surface area contributed by atoms with E-state index in [1.54, 1.807) is 35.7 Å². The van der Waals surface area contributed by atoms with E-state index in [2.05, 4.69) is 10.0 Å². The van der Waals surface area contributed by atoms with Crippen molar-refractivity contribution in [1.29, 1.82) is 0 Å². The van der Waals surface area contributed by atoms with Crippen LogP contribution in [0.15, 0.2) is 80.0 Å². The van der Waals surface area contributed by atoms with Crippen molar-refractivity contribution in [3.8, 4) is 0 Å². The van der Waals surface area contributed by atoms with Crippen LogP contribution < -0.4 is 15.2 Å². The molecule has 12 heteroatoms. The molecule has 1 heterocycles. The molecule has 0 atom stereocenters. The number of hydrogen-bond acceptors (Lipinski definition) is 7. The van der Waals surface area contributed by atoms with Gasteiger partial charge in [0.25, 0.3) is 10.0 Å². The summed E-state index contributed by atoms with van der Waals surface area (Å²) in [5, 5.41) is 9.38. The Kier molecular flexibility index (Phi) is 6.83. The number of thioether (sulfide) groups is 1. The fourth-order valence-corrected chi connectivity index (χ4v) is 5.58. The Labute approximate surface area is 182 Å². The van der Waals surface area contributed by atoms with Crippen LogP contribution in [-0.4, -0.2) is 28.5 Å². The fourth-order valence-electron chi connectivity index (χ4n) is 2.31. The normalized spacial score (nSPS) is 11.8. The second-order valence-electron chi connectivity index (χ2n) is 5.97. The molecule has 30 heavy (non-hydrogen) atoms. The Morgan fingerprint density at radius 3 is 2.13 bits per heavy atom. The lowest BCUT2D eigenvalue weighted by Gasteiger charge is -2.08. The Hall–Kier alpha value is -2.38. The van der Waals surface area contributed by atoms with E-state index in [0.29, 0.717) is 11.4 Å². The van der Waals surface area contributed by atoms with E-state index < -0.39 is 20.0 Å². The summed E-state index contributed by atoms with van der Waals surface area (Å²) in [4.78, 5) is 12.8. The van der Waals surface area contributed by atoms with Gasteiger partial charge in [-0.1, -0.05) is 6.07 Å². The minimum atomic E-state index is -3.78. The third kappa shape index (κ3) is 6.06. The molecule has 0 fully saturated rings. The number of thiophene rings is 1. The van der Waals surface area contributed by atoms with Crippen molar-refractivity contribution < 1.29 is 21.6 Å². The van der Waals surface area contributed by atoms with Crippen molar-refractivity contribution in [2.75, 3.05) is 15.8 Å². The highest BCUT2D eigenvalue weighted by Gasteiger charge is 2.15. The van der Waals surface area contributed by atoms with E-state index in [1.165, 1.54) is 42.1 Å². The van der Waals surface area contributed by atoms with E-state index in [4.69, 9.17) is 5.14 Å². The predicted octanol–water partition coefficient (Wildman–Crippen LogP) is 2.93. The highest BCUT2D eigenvalue weighted by molar-refractivity contribution is 8.00. The maximum absolute atomic E-state index is 12.2. The van der Waals surface area contributed by atoms with Crippen LogP contribution in [0, 0.1) is 0 Å². The van der Waals surface area contributed by atoms with Gasteiger partial charge in [-0.25, -0.2) is 22.0 Å². The third-order valence-corrected chi connectivity index (χ3v) is 8.42. The van der Waals surface area contributed by atoms with Gasteiger partial charge in [-0.2, -0.15) is 0 Å². The number of sulfonamides is 2. The van der Waals surface area contributed by atoms with E-state index in [-0.39, 0.29) is 20.8 Å². The van der Waals surface area contributed by atoms with E-state index in [0.717, 1.165) is 16.2 Å². The van der Waals surface area contributed by atoms with Gasteiger partial charge >= 0.3 is 0 Å². The van der Waals surface area contributed by atoms with Crippen LogP contribution >= 0.6 is 23.1 Å². The minimum absolute atomic E-state index is 0.0373. The molecule has 8 nitrogen and oxygen atoms in total. The number of rotatable bonds is 8. The van der Waals surface area contributed by atoms with E-state index >= 15 is 0 Å². The summed E-state index contributed by atoms with van der Waals surface area (Å²) < 4.78 is 49.6. The predicted molar refractivity (Wildman–Crippen MR) is 119 cm³/mol. The van der Waals surface area contributed by atoms with Gasteiger partial charge in [-0.05, 0) is 60.0 Å². The highest BCUT2D eigenvalue weighted by Crippen LogP contribution is 2.24. The van der Waals surface area contributed by atoms with Crippen LogP contribution in [0.3, 0.4) is 0 Å². The largest absolute Gasteiger partial charge is 0.325 e. The molecule has 0 saturated heterocycles. The van der Waals surface area contributed by atoms with Crippen LogP contribution in [-0.2, 0) is 24.8 Å². The maximum Gasteiger partial charge on any atom is 0.271 e. The van der Waals surface area contributed by atoms with E-state index in [1.807, 2.05) is 0 Å². The summed E-state index contributed by atoms with van der Waals surface area (Å²) in [7, 11) is -7.38. The molecule has 1 aromatic heterocycles. The van der Waals surface area contributed by atoms with E-state index in [9.17, 15) is 21.6 Å². The zero-order chi connectivity index (χ0) is 21.8. The van der Waals surface area contributed by atoms with Crippen molar-refractivity contribution in [2.24, 2.45) is 5.14 Å². The Morgan fingerprint density at radius 1 is 0.933 bits per heavy atom. The number of nitrogens with one attached hydrogen (secondary N) is 2. The molecular weight excluding hydrogens is 466 g/mol. The molecule has 3 aromatic rings. The highest BCUT2D eigenvalue weighted by atomic mass is 32.2. The first-order chi connectivity index (χ1) is 14.1. The number of hydrogen-bond donors (Lipinski definition) is 3. The van der Waals surface area contributed by atoms with Gasteiger partial charge in [0.1, 0.15) is 4.21 Å². The first-order valence-electron chi connectivity index (χ1n) is 8.35. The number of benzene rings is 2. The molecule has 1 amide bonds.